The van der Waals surface area contributed by atoms with Gasteiger partial charge in [0.05, 0.1) is 6.54 Å². The lowest BCUT2D eigenvalue weighted by Crippen LogP contribution is -2.21. The number of nitrogens with one attached hydrogen (secondary N) is 1. The Morgan fingerprint density at radius 2 is 1.67 bits per heavy atom. The molecule has 27 heavy (non-hydrogen) atoms. The highest BCUT2D eigenvalue weighted by atomic mass is 16.4. The van der Waals surface area contributed by atoms with Gasteiger partial charge in [-0.2, -0.15) is 0 Å². The molecule has 0 unspecified atom stereocenters. The average molecular weight is 355 g/mol. The van der Waals surface area contributed by atoms with Gasteiger partial charge in [0.1, 0.15) is 0 Å². The van der Waals surface area contributed by atoms with E-state index < -0.39 is 5.97 Å². The van der Waals surface area contributed by atoms with E-state index in [0.717, 1.165) is 16.7 Å². The molecule has 3 aromatic carbocycles. The molecule has 0 aromatic heterocycles. The van der Waals surface area contributed by atoms with Crippen LogP contribution in [-0.4, -0.2) is 17.6 Å². The van der Waals surface area contributed by atoms with E-state index >= 15 is 0 Å². The Morgan fingerprint density at radius 3 is 2.37 bits per heavy atom. The van der Waals surface area contributed by atoms with Crippen molar-refractivity contribution in [1.82, 2.24) is 5.32 Å². The van der Waals surface area contributed by atoms with Gasteiger partial charge in [-0.25, -0.2) is 0 Å². The minimum atomic E-state index is -0.856. The van der Waals surface area contributed by atoms with E-state index in [2.05, 4.69) is 42.3 Å². The van der Waals surface area contributed by atoms with Crippen molar-refractivity contribution in [3.63, 3.8) is 0 Å². The third kappa shape index (κ3) is 5.07. The normalized spacial score (nSPS) is 10.1. The molecule has 0 saturated carbocycles. The number of benzene rings is 3. The van der Waals surface area contributed by atoms with Gasteiger partial charge in [0.25, 0.3) is 0 Å². The topological polar surface area (TPSA) is 49.3 Å². The van der Waals surface area contributed by atoms with E-state index in [4.69, 9.17) is 5.11 Å². The summed E-state index contributed by atoms with van der Waals surface area (Å²) in [7, 11) is 0. The Labute approximate surface area is 159 Å². The predicted octanol–water partition coefficient (Wildman–Crippen LogP) is 4.24. The number of carboxylic acids is 1. The summed E-state index contributed by atoms with van der Waals surface area (Å²) in [6, 6.07) is 24.4. The summed E-state index contributed by atoms with van der Waals surface area (Å²) in [5.41, 5.74) is 6.54. The first-order valence-electron chi connectivity index (χ1n) is 8.82. The van der Waals surface area contributed by atoms with Crippen LogP contribution in [0.25, 0.3) is 11.1 Å². The number of carbonyl (C=O) groups is 1. The molecule has 0 heterocycles. The number of carboxylic acid groups (broad SMARTS) is 1. The quantitative estimate of drug-likeness (QED) is 0.673. The first-order chi connectivity index (χ1) is 13.1. The molecule has 0 bridgehead atoms. The molecular formula is C24H21NO2. The highest BCUT2D eigenvalue weighted by molar-refractivity contribution is 5.70. The fraction of sp³-hybridized carbons (Fsp3) is 0.125. The van der Waals surface area contributed by atoms with Gasteiger partial charge < -0.3 is 10.4 Å². The van der Waals surface area contributed by atoms with Crippen molar-refractivity contribution < 1.29 is 9.90 Å². The van der Waals surface area contributed by atoms with Gasteiger partial charge in [-0.3, -0.25) is 4.79 Å². The molecule has 0 aliphatic carbocycles. The molecule has 3 aromatic rings. The molecule has 3 heteroatoms. The fourth-order valence-electron chi connectivity index (χ4n) is 2.86. The molecule has 0 saturated heterocycles. The van der Waals surface area contributed by atoms with E-state index in [1.165, 1.54) is 16.7 Å². The van der Waals surface area contributed by atoms with Crippen molar-refractivity contribution in [2.45, 2.75) is 13.5 Å². The van der Waals surface area contributed by atoms with E-state index in [-0.39, 0.29) is 6.54 Å². The molecule has 3 nitrogen and oxygen atoms in total. The Bertz CT molecular complexity index is 980. The second kappa shape index (κ2) is 8.84. The second-order valence-electron chi connectivity index (χ2n) is 6.29. The van der Waals surface area contributed by atoms with Crippen molar-refractivity contribution in [2.75, 3.05) is 6.54 Å². The highest BCUT2D eigenvalue weighted by Crippen LogP contribution is 2.25. The second-order valence-corrected chi connectivity index (χ2v) is 6.29. The first kappa shape index (κ1) is 18.4. The van der Waals surface area contributed by atoms with Gasteiger partial charge in [0, 0.05) is 17.7 Å². The zero-order chi connectivity index (χ0) is 19.1. The van der Waals surface area contributed by atoms with Crippen LogP contribution in [-0.2, 0) is 11.3 Å². The SMILES string of the molecule is Cc1c(C#Cc2ccc(CNCC(=O)O)cc2)cccc1-c1ccccc1. The first-order valence-corrected chi connectivity index (χ1v) is 8.82. The standard InChI is InChI=1S/C24H21NO2/c1-18-21(8-5-9-23(18)22-6-3-2-4-7-22)15-14-19-10-12-20(13-11-19)16-25-17-24(26)27/h2-13,25H,16-17H2,1H3,(H,26,27). The minimum absolute atomic E-state index is 0.0431. The van der Waals surface area contributed by atoms with Crippen LogP contribution in [0.5, 0.6) is 0 Å². The maximum Gasteiger partial charge on any atom is 0.317 e. The van der Waals surface area contributed by atoms with Crippen LogP contribution in [0, 0.1) is 18.8 Å². The molecule has 0 radical (unpaired) electrons. The highest BCUT2D eigenvalue weighted by Gasteiger charge is 2.04. The zero-order valence-electron chi connectivity index (χ0n) is 15.2. The molecule has 0 amide bonds. The molecule has 0 spiro atoms. The summed E-state index contributed by atoms with van der Waals surface area (Å²) in [6.07, 6.45) is 0. The van der Waals surface area contributed by atoms with Crippen LogP contribution >= 0.6 is 0 Å². The summed E-state index contributed by atoms with van der Waals surface area (Å²) in [4.78, 5) is 10.5. The van der Waals surface area contributed by atoms with E-state index in [9.17, 15) is 4.79 Å². The molecule has 0 aliphatic heterocycles. The summed E-state index contributed by atoms with van der Waals surface area (Å²) in [5.74, 6) is 5.64. The monoisotopic (exact) mass is 355 g/mol. The van der Waals surface area contributed by atoms with Gasteiger partial charge in [0.2, 0.25) is 0 Å². The van der Waals surface area contributed by atoms with Gasteiger partial charge in [0.15, 0.2) is 0 Å². The van der Waals surface area contributed by atoms with Gasteiger partial charge in [-0.1, -0.05) is 66.4 Å². The molecule has 2 N–H and O–H groups in total. The zero-order valence-corrected chi connectivity index (χ0v) is 15.2. The average Bonchev–Trinajstić information content (AvgIpc) is 2.69. The van der Waals surface area contributed by atoms with Crippen LogP contribution in [0.4, 0.5) is 0 Å². The summed E-state index contributed by atoms with van der Waals surface area (Å²) in [5, 5.41) is 11.5. The lowest BCUT2D eigenvalue weighted by atomic mass is 9.96. The smallest absolute Gasteiger partial charge is 0.317 e. The van der Waals surface area contributed by atoms with Crippen molar-refractivity contribution in [3.05, 3.63) is 95.1 Å². The fourth-order valence-corrected chi connectivity index (χ4v) is 2.86. The summed E-state index contributed by atoms with van der Waals surface area (Å²) < 4.78 is 0. The van der Waals surface area contributed by atoms with Crippen LogP contribution in [0.15, 0.2) is 72.8 Å². The minimum Gasteiger partial charge on any atom is -0.480 e. The predicted molar refractivity (Wildman–Crippen MR) is 108 cm³/mol. The molecule has 134 valence electrons. The van der Waals surface area contributed by atoms with Crippen molar-refractivity contribution in [1.29, 1.82) is 0 Å². The largest absolute Gasteiger partial charge is 0.480 e. The number of aliphatic carboxylic acids is 1. The molecule has 0 aliphatic rings. The summed E-state index contributed by atoms with van der Waals surface area (Å²) in [6.45, 7) is 2.58. The summed E-state index contributed by atoms with van der Waals surface area (Å²) >= 11 is 0. The molecular weight excluding hydrogens is 334 g/mol. The Morgan fingerprint density at radius 1 is 0.926 bits per heavy atom. The number of rotatable bonds is 5. The Hall–Kier alpha value is -3.35. The Balaban J connectivity index is 1.75. The van der Waals surface area contributed by atoms with E-state index in [1.807, 2.05) is 54.6 Å². The maximum absolute atomic E-state index is 10.5. The maximum atomic E-state index is 10.5. The van der Waals surface area contributed by atoms with Crippen LogP contribution < -0.4 is 5.32 Å². The van der Waals surface area contributed by atoms with Crippen molar-refractivity contribution in [3.8, 4) is 23.0 Å². The van der Waals surface area contributed by atoms with Crippen molar-refractivity contribution >= 4 is 5.97 Å². The third-order valence-electron chi connectivity index (χ3n) is 4.32. The van der Waals surface area contributed by atoms with Gasteiger partial charge in [-0.05, 0) is 47.4 Å². The van der Waals surface area contributed by atoms with Gasteiger partial charge in [-0.15, -0.1) is 0 Å². The van der Waals surface area contributed by atoms with Crippen LogP contribution in [0.1, 0.15) is 22.3 Å². The molecule has 0 atom stereocenters. The number of hydrogen-bond acceptors (Lipinski definition) is 2. The molecule has 3 rings (SSSR count). The third-order valence-corrected chi connectivity index (χ3v) is 4.32. The molecule has 0 fully saturated rings. The van der Waals surface area contributed by atoms with E-state index in [0.29, 0.717) is 6.54 Å². The van der Waals surface area contributed by atoms with Gasteiger partial charge >= 0.3 is 5.97 Å². The number of hydrogen-bond donors (Lipinski definition) is 2. The van der Waals surface area contributed by atoms with E-state index in [1.54, 1.807) is 0 Å². The Kier molecular flexibility index (Phi) is 6.04. The van der Waals surface area contributed by atoms with Crippen LogP contribution in [0.3, 0.4) is 0 Å². The van der Waals surface area contributed by atoms with Crippen molar-refractivity contribution in [2.24, 2.45) is 0 Å². The lowest BCUT2D eigenvalue weighted by molar-refractivity contribution is -0.135. The lowest BCUT2D eigenvalue weighted by Gasteiger charge is -2.07. The van der Waals surface area contributed by atoms with Crippen LogP contribution in [0.2, 0.25) is 0 Å².